The van der Waals surface area contributed by atoms with Gasteiger partial charge in [-0.05, 0) is 50.4 Å². The van der Waals surface area contributed by atoms with Crippen molar-refractivity contribution in [2.75, 3.05) is 0 Å². The van der Waals surface area contributed by atoms with E-state index in [1.54, 1.807) is 0 Å². The number of carbonyl (C=O) groups excluding carboxylic acids is 2. The van der Waals surface area contributed by atoms with Gasteiger partial charge in [-0.3, -0.25) is 0 Å². The minimum Gasteiger partial charge on any atom is -0.550 e. The Hall–Kier alpha value is 0.940. The van der Waals surface area contributed by atoms with Crippen molar-refractivity contribution in [3.8, 4) is 0 Å². The van der Waals surface area contributed by atoms with Gasteiger partial charge in [-0.15, -0.1) is 0 Å². The van der Waals surface area contributed by atoms with E-state index in [9.17, 15) is 19.8 Å². The number of hydrogen-bond donors (Lipinski definition) is 0. The molecule has 2 aliphatic carbocycles. The minimum absolute atomic E-state index is 0. The van der Waals surface area contributed by atoms with E-state index in [0.717, 1.165) is 25.7 Å². The first-order valence-electron chi connectivity index (χ1n) is 4.97. The van der Waals surface area contributed by atoms with Crippen LogP contribution in [0, 0.1) is 11.8 Å². The van der Waals surface area contributed by atoms with Crippen LogP contribution in [0.1, 0.15) is 38.5 Å². The maximum atomic E-state index is 9.74. The van der Waals surface area contributed by atoms with E-state index >= 15 is 0 Å². The van der Waals surface area contributed by atoms with Gasteiger partial charge in [0.05, 0.1) is 0 Å². The zero-order valence-corrected chi connectivity index (χ0v) is 14.0. The Morgan fingerprint density at radius 1 is 0.812 bits per heavy atom. The van der Waals surface area contributed by atoms with E-state index in [1.165, 1.54) is 0 Å². The Labute approximate surface area is 140 Å². The molecule has 6 heteroatoms. The molecule has 16 heavy (non-hydrogen) atoms. The molecule has 0 unspecified atom stereocenters. The van der Waals surface area contributed by atoms with Crippen LogP contribution < -0.4 is 69.3 Å². The fourth-order valence-corrected chi connectivity index (χ4v) is 1.12. The molecule has 2 fully saturated rings. The number of carboxylic acid groups (broad SMARTS) is 2. The second-order valence-corrected chi connectivity index (χ2v) is 4.04. The third-order valence-electron chi connectivity index (χ3n) is 2.30. The average Bonchev–Trinajstić information content (AvgIpc) is 2.82. The quantitative estimate of drug-likeness (QED) is 0.460. The van der Waals surface area contributed by atoms with Crippen LogP contribution in [0.15, 0.2) is 0 Å². The van der Waals surface area contributed by atoms with Crippen molar-refractivity contribution >= 4 is 11.9 Å². The van der Waals surface area contributed by atoms with Crippen molar-refractivity contribution in [3.63, 3.8) is 0 Å². The molecule has 0 aromatic carbocycles. The molecule has 2 saturated carbocycles. The van der Waals surface area contributed by atoms with E-state index in [-0.39, 0.29) is 72.0 Å². The summed E-state index contributed by atoms with van der Waals surface area (Å²) < 4.78 is 0. The molecule has 0 aliphatic heterocycles. The molecule has 0 amide bonds. The zero-order chi connectivity index (χ0) is 10.6. The predicted octanol–water partition coefficient (Wildman–Crippen LogP) is -6.92. The number of carboxylic acids is 2. The first kappa shape index (κ1) is 19.3. The third-order valence-corrected chi connectivity index (χ3v) is 2.30. The third kappa shape index (κ3) is 13.0. The van der Waals surface area contributed by atoms with Crippen LogP contribution in [-0.4, -0.2) is 11.9 Å². The zero-order valence-electron chi connectivity index (χ0n) is 10.0. The van der Waals surface area contributed by atoms with E-state index in [0.29, 0.717) is 11.8 Å². The van der Waals surface area contributed by atoms with Crippen molar-refractivity contribution < 1.29 is 78.9 Å². The first-order valence-corrected chi connectivity index (χ1v) is 4.97. The largest absolute Gasteiger partial charge is 1.00 e. The summed E-state index contributed by atoms with van der Waals surface area (Å²) in [5.74, 6) is -0.875. The molecule has 0 saturated heterocycles. The molecule has 0 spiro atoms. The predicted molar refractivity (Wildman–Crippen MR) is 44.7 cm³/mol. The van der Waals surface area contributed by atoms with Crippen LogP contribution >= 0.6 is 0 Å². The minimum atomic E-state index is -0.900. The molecule has 0 aromatic rings. The number of hydrogen-bond acceptors (Lipinski definition) is 4. The summed E-state index contributed by atoms with van der Waals surface area (Å²) in [4.78, 5) is 19.5. The van der Waals surface area contributed by atoms with Crippen molar-refractivity contribution in [1.82, 2.24) is 0 Å². The summed E-state index contributed by atoms with van der Waals surface area (Å²) in [6, 6.07) is 0. The summed E-state index contributed by atoms with van der Waals surface area (Å²) in [6.45, 7) is 0. The van der Waals surface area contributed by atoms with Gasteiger partial charge in [-0.1, -0.05) is 0 Å². The van der Waals surface area contributed by atoms with Crippen LogP contribution in [0.2, 0.25) is 0 Å². The number of aliphatic carboxylic acids is 2. The van der Waals surface area contributed by atoms with Gasteiger partial charge in [0.25, 0.3) is 0 Å². The molecule has 0 aromatic heterocycles. The van der Waals surface area contributed by atoms with Crippen LogP contribution in [0.5, 0.6) is 0 Å². The Bertz CT molecular complexity index is 201. The van der Waals surface area contributed by atoms with Gasteiger partial charge < -0.3 is 19.8 Å². The van der Waals surface area contributed by atoms with Gasteiger partial charge in [0.15, 0.2) is 0 Å². The van der Waals surface area contributed by atoms with Gasteiger partial charge in [-0.25, -0.2) is 0 Å². The molecule has 0 radical (unpaired) electrons. The number of rotatable bonds is 4. The smallest absolute Gasteiger partial charge is 0.550 e. The van der Waals surface area contributed by atoms with Crippen molar-refractivity contribution in [2.24, 2.45) is 11.8 Å². The van der Waals surface area contributed by atoms with E-state index in [4.69, 9.17) is 0 Å². The summed E-state index contributed by atoms with van der Waals surface area (Å²) in [6.07, 6.45) is 4.92. The monoisotopic (exact) mass is 244 g/mol. The summed E-state index contributed by atoms with van der Waals surface area (Å²) in [5, 5.41) is 19.5. The molecular weight excluding hydrogens is 230 g/mol. The Balaban J connectivity index is 0. The molecule has 2 aliphatic rings. The summed E-state index contributed by atoms with van der Waals surface area (Å²) in [5.41, 5.74) is 0. The van der Waals surface area contributed by atoms with Crippen LogP contribution in [0.3, 0.4) is 0 Å². The molecule has 0 N–H and O–H groups in total. The van der Waals surface area contributed by atoms with Crippen LogP contribution in [-0.2, 0) is 9.59 Å². The molecule has 80 valence electrons. The van der Waals surface area contributed by atoms with E-state index in [1.807, 2.05) is 0 Å². The average molecular weight is 244 g/mol. The Morgan fingerprint density at radius 3 is 1.12 bits per heavy atom. The normalized spacial score (nSPS) is 17.0. The van der Waals surface area contributed by atoms with Gasteiger partial charge in [0, 0.05) is 11.9 Å². The number of carbonyl (C=O) groups is 2. The van der Waals surface area contributed by atoms with Crippen LogP contribution in [0.4, 0.5) is 0 Å². The molecule has 0 atom stereocenters. The van der Waals surface area contributed by atoms with Crippen LogP contribution in [0.25, 0.3) is 0 Å². The Kier molecular flexibility index (Phi) is 12.0. The first-order chi connectivity index (χ1) is 6.58. The maximum Gasteiger partial charge on any atom is 1.00 e. The standard InChI is InChI=1S/2C5H8O2.2Na/c2*6-5(7)3-4-1-2-4;;/h2*4H,1-3H2,(H,6,7);;/q;;2*+1/p-2. The second-order valence-electron chi connectivity index (χ2n) is 4.04. The molecule has 0 bridgehead atoms. The topological polar surface area (TPSA) is 80.3 Å². The van der Waals surface area contributed by atoms with Gasteiger partial charge in [0.2, 0.25) is 0 Å². The van der Waals surface area contributed by atoms with Gasteiger partial charge in [0.1, 0.15) is 0 Å². The molecule has 4 nitrogen and oxygen atoms in total. The summed E-state index contributed by atoms with van der Waals surface area (Å²) >= 11 is 0. The SMILES string of the molecule is O=C([O-])CC1CC1.O=C([O-])CC1CC1.[Na+].[Na+]. The van der Waals surface area contributed by atoms with Crippen molar-refractivity contribution in [1.29, 1.82) is 0 Å². The van der Waals surface area contributed by atoms with E-state index < -0.39 is 11.9 Å². The fourth-order valence-electron chi connectivity index (χ4n) is 1.12. The fraction of sp³-hybridized carbons (Fsp3) is 0.800. The molecule has 2 rings (SSSR count). The molecular formula is C10H14Na2O4. The Morgan fingerprint density at radius 2 is 1.06 bits per heavy atom. The van der Waals surface area contributed by atoms with Gasteiger partial charge >= 0.3 is 59.1 Å². The van der Waals surface area contributed by atoms with Crippen molar-refractivity contribution in [2.45, 2.75) is 38.5 Å². The van der Waals surface area contributed by atoms with Crippen molar-refractivity contribution in [3.05, 3.63) is 0 Å². The summed E-state index contributed by atoms with van der Waals surface area (Å²) in [7, 11) is 0. The van der Waals surface area contributed by atoms with E-state index in [2.05, 4.69) is 0 Å². The molecule has 0 heterocycles. The second kappa shape index (κ2) is 9.92. The maximum absolute atomic E-state index is 9.74. The van der Waals surface area contributed by atoms with Gasteiger partial charge in [-0.2, -0.15) is 0 Å².